The fourth-order valence-corrected chi connectivity index (χ4v) is 4.27. The third kappa shape index (κ3) is 3.38. The van der Waals surface area contributed by atoms with Gasteiger partial charge < -0.3 is 18.8 Å². The van der Waals surface area contributed by atoms with Crippen molar-refractivity contribution >= 4 is 16.9 Å². The first-order valence-electron chi connectivity index (χ1n) is 10.3. The second kappa shape index (κ2) is 8.38. The summed E-state index contributed by atoms with van der Waals surface area (Å²) in [5.74, 6) is 0.788. The summed E-state index contributed by atoms with van der Waals surface area (Å²) in [5.41, 5.74) is 3.06. The SMILES string of the molecule is C=CCOc1ccc(C2c3c(oc4c(C)cc(C)cc4c3=O)C(=O)N2CC=C)cc1OC. The molecule has 0 spiro atoms. The third-order valence-corrected chi connectivity index (χ3v) is 5.58. The summed E-state index contributed by atoms with van der Waals surface area (Å²) in [6.07, 6.45) is 3.28. The number of benzene rings is 2. The molecule has 0 aliphatic carbocycles. The lowest BCUT2D eigenvalue weighted by molar-refractivity contribution is 0.0748. The van der Waals surface area contributed by atoms with Gasteiger partial charge in [0, 0.05) is 6.54 Å². The van der Waals surface area contributed by atoms with E-state index in [1.165, 1.54) is 0 Å². The molecule has 2 heterocycles. The van der Waals surface area contributed by atoms with Crippen molar-refractivity contribution in [1.29, 1.82) is 0 Å². The van der Waals surface area contributed by atoms with Crippen molar-refractivity contribution in [1.82, 2.24) is 4.90 Å². The number of amides is 1. The molecule has 6 nitrogen and oxygen atoms in total. The number of ether oxygens (including phenoxy) is 2. The maximum Gasteiger partial charge on any atom is 0.291 e. The fourth-order valence-electron chi connectivity index (χ4n) is 4.27. The summed E-state index contributed by atoms with van der Waals surface area (Å²) < 4.78 is 17.2. The Morgan fingerprint density at radius 3 is 2.56 bits per heavy atom. The van der Waals surface area contributed by atoms with Crippen LogP contribution in [0.1, 0.15) is 38.9 Å². The molecule has 6 heteroatoms. The average Bonchev–Trinajstić information content (AvgIpc) is 3.05. The van der Waals surface area contributed by atoms with Crippen LogP contribution in [-0.4, -0.2) is 31.1 Å². The lowest BCUT2D eigenvalue weighted by Gasteiger charge is -2.24. The number of rotatable bonds is 7. The van der Waals surface area contributed by atoms with E-state index in [2.05, 4.69) is 13.2 Å². The predicted molar refractivity (Wildman–Crippen MR) is 124 cm³/mol. The van der Waals surface area contributed by atoms with Gasteiger partial charge in [0.05, 0.1) is 24.1 Å². The Hall–Kier alpha value is -3.80. The number of methoxy groups -OCH3 is 1. The van der Waals surface area contributed by atoms with E-state index in [4.69, 9.17) is 13.9 Å². The second-order valence-electron chi connectivity index (χ2n) is 7.79. The first-order chi connectivity index (χ1) is 15.4. The molecule has 1 aliphatic heterocycles. The minimum Gasteiger partial charge on any atom is -0.493 e. The lowest BCUT2D eigenvalue weighted by atomic mass is 9.97. The predicted octanol–water partition coefficient (Wildman–Crippen LogP) is 4.71. The quantitative estimate of drug-likeness (QED) is 0.507. The van der Waals surface area contributed by atoms with Gasteiger partial charge in [0.25, 0.3) is 5.91 Å². The van der Waals surface area contributed by atoms with E-state index >= 15 is 0 Å². The van der Waals surface area contributed by atoms with Gasteiger partial charge >= 0.3 is 0 Å². The van der Waals surface area contributed by atoms with E-state index in [9.17, 15) is 9.59 Å². The summed E-state index contributed by atoms with van der Waals surface area (Å²) in [6, 6.07) is 8.49. The number of fused-ring (bicyclic) bond motifs is 2. The van der Waals surface area contributed by atoms with Crippen molar-refractivity contribution < 1.29 is 18.7 Å². The third-order valence-electron chi connectivity index (χ3n) is 5.58. The molecule has 4 rings (SSSR count). The zero-order valence-corrected chi connectivity index (χ0v) is 18.4. The number of carbonyl (C=O) groups is 1. The summed E-state index contributed by atoms with van der Waals surface area (Å²) >= 11 is 0. The largest absolute Gasteiger partial charge is 0.493 e. The van der Waals surface area contributed by atoms with Crippen LogP contribution in [0, 0.1) is 13.8 Å². The Labute approximate surface area is 186 Å². The van der Waals surface area contributed by atoms with Gasteiger partial charge in [0.15, 0.2) is 16.9 Å². The van der Waals surface area contributed by atoms with Gasteiger partial charge in [-0.15, -0.1) is 6.58 Å². The molecule has 1 aromatic heterocycles. The van der Waals surface area contributed by atoms with Gasteiger partial charge in [0.2, 0.25) is 5.76 Å². The number of aryl methyl sites for hydroxylation is 2. The van der Waals surface area contributed by atoms with Crippen LogP contribution in [0.15, 0.2) is 64.9 Å². The molecule has 1 aliphatic rings. The molecule has 0 saturated carbocycles. The highest BCUT2D eigenvalue weighted by Gasteiger charge is 2.42. The minimum atomic E-state index is -0.626. The molecule has 0 bridgehead atoms. The Morgan fingerprint density at radius 1 is 1.09 bits per heavy atom. The topological polar surface area (TPSA) is 69.0 Å². The molecule has 164 valence electrons. The molecule has 1 amide bonds. The Morgan fingerprint density at radius 2 is 1.88 bits per heavy atom. The van der Waals surface area contributed by atoms with Crippen LogP contribution in [0.5, 0.6) is 11.5 Å². The molecule has 2 aromatic carbocycles. The van der Waals surface area contributed by atoms with Crippen molar-refractivity contribution in [3.63, 3.8) is 0 Å². The molecule has 1 unspecified atom stereocenters. The van der Waals surface area contributed by atoms with Gasteiger partial charge in [-0.3, -0.25) is 9.59 Å². The lowest BCUT2D eigenvalue weighted by Crippen LogP contribution is -2.29. The van der Waals surface area contributed by atoms with E-state index < -0.39 is 6.04 Å². The Balaban J connectivity index is 1.96. The average molecular weight is 431 g/mol. The Kier molecular flexibility index (Phi) is 5.61. The van der Waals surface area contributed by atoms with Crippen molar-refractivity contribution in [2.45, 2.75) is 19.9 Å². The Bertz CT molecular complexity index is 1300. The number of hydrogen-bond acceptors (Lipinski definition) is 5. The summed E-state index contributed by atoms with van der Waals surface area (Å²) in [7, 11) is 1.54. The fraction of sp³-hybridized carbons (Fsp3) is 0.231. The molecule has 0 N–H and O–H groups in total. The van der Waals surface area contributed by atoms with Crippen molar-refractivity contribution in [2.75, 3.05) is 20.3 Å². The van der Waals surface area contributed by atoms with Gasteiger partial charge in [-0.1, -0.05) is 30.9 Å². The summed E-state index contributed by atoms with van der Waals surface area (Å²) in [5, 5.41) is 0.470. The van der Waals surface area contributed by atoms with Crippen molar-refractivity contribution in [3.8, 4) is 11.5 Å². The van der Waals surface area contributed by atoms with Gasteiger partial charge in [-0.05, 0) is 48.7 Å². The van der Waals surface area contributed by atoms with Gasteiger partial charge in [0.1, 0.15) is 12.2 Å². The minimum absolute atomic E-state index is 0.0762. The van der Waals surface area contributed by atoms with Crippen LogP contribution in [0.4, 0.5) is 0 Å². The summed E-state index contributed by atoms with van der Waals surface area (Å²) in [4.78, 5) is 28.5. The standard InChI is InChI=1S/C26H25NO5/c1-6-10-27-22(17-8-9-19(31-11-7-2)20(14-17)30-5)21-23(28)18-13-15(3)12-16(4)24(18)32-25(21)26(27)29/h6-9,12-14,22H,1-2,10-11H2,3-5H3. The molecule has 32 heavy (non-hydrogen) atoms. The number of nitrogens with zero attached hydrogens (tertiary/aromatic N) is 1. The van der Waals surface area contributed by atoms with Gasteiger partial charge in [-0.2, -0.15) is 0 Å². The molecular formula is C26H25NO5. The van der Waals surface area contributed by atoms with Crippen LogP contribution in [0.3, 0.4) is 0 Å². The maximum atomic E-state index is 13.6. The van der Waals surface area contributed by atoms with Gasteiger partial charge in [-0.25, -0.2) is 0 Å². The van der Waals surface area contributed by atoms with E-state index in [1.54, 1.807) is 42.4 Å². The zero-order valence-electron chi connectivity index (χ0n) is 18.4. The highest BCUT2D eigenvalue weighted by atomic mass is 16.5. The van der Waals surface area contributed by atoms with E-state index in [0.717, 1.165) is 16.7 Å². The molecule has 1 atom stereocenters. The van der Waals surface area contributed by atoms with E-state index in [1.807, 2.05) is 26.0 Å². The molecular weight excluding hydrogens is 406 g/mol. The van der Waals surface area contributed by atoms with Crippen LogP contribution >= 0.6 is 0 Å². The highest BCUT2D eigenvalue weighted by Crippen LogP contribution is 2.41. The molecule has 3 aromatic rings. The zero-order chi connectivity index (χ0) is 23.0. The van der Waals surface area contributed by atoms with Crippen molar-refractivity contribution in [3.05, 3.63) is 93.9 Å². The van der Waals surface area contributed by atoms with Crippen LogP contribution in [0.2, 0.25) is 0 Å². The van der Waals surface area contributed by atoms with E-state index in [-0.39, 0.29) is 23.6 Å². The maximum absolute atomic E-state index is 13.6. The second-order valence-corrected chi connectivity index (χ2v) is 7.79. The smallest absolute Gasteiger partial charge is 0.291 e. The number of carbonyl (C=O) groups excluding carboxylic acids is 1. The summed E-state index contributed by atoms with van der Waals surface area (Å²) in [6.45, 7) is 11.8. The monoisotopic (exact) mass is 431 g/mol. The highest BCUT2D eigenvalue weighted by molar-refractivity contribution is 5.99. The first kappa shape index (κ1) is 21.4. The van der Waals surface area contributed by atoms with Crippen molar-refractivity contribution in [2.24, 2.45) is 0 Å². The normalized spacial score (nSPS) is 15.0. The molecule has 0 fully saturated rings. The van der Waals surface area contributed by atoms with Crippen LogP contribution in [-0.2, 0) is 0 Å². The van der Waals surface area contributed by atoms with E-state index in [0.29, 0.717) is 34.6 Å². The van der Waals surface area contributed by atoms with Crippen LogP contribution in [0.25, 0.3) is 11.0 Å². The molecule has 0 saturated heterocycles. The van der Waals surface area contributed by atoms with Crippen LogP contribution < -0.4 is 14.9 Å². The first-order valence-corrected chi connectivity index (χ1v) is 10.3. The number of hydrogen-bond donors (Lipinski definition) is 0. The molecule has 0 radical (unpaired) electrons.